The normalized spacial score (nSPS) is 12.1. The van der Waals surface area contributed by atoms with Crippen molar-refractivity contribution in [2.24, 2.45) is 0 Å². The number of hydrogen-bond acceptors (Lipinski definition) is 6. The highest BCUT2D eigenvalue weighted by Crippen LogP contribution is 2.22. The van der Waals surface area contributed by atoms with Crippen molar-refractivity contribution in [1.82, 2.24) is 15.5 Å². The summed E-state index contributed by atoms with van der Waals surface area (Å²) >= 11 is 1.25. The summed E-state index contributed by atoms with van der Waals surface area (Å²) in [6.45, 7) is 2.78. The summed E-state index contributed by atoms with van der Waals surface area (Å²) in [5.41, 5.74) is 1.10. The second-order valence-electron chi connectivity index (χ2n) is 4.67. The molecule has 0 bridgehead atoms. The zero-order valence-electron chi connectivity index (χ0n) is 12.6. The van der Waals surface area contributed by atoms with Gasteiger partial charge in [0, 0.05) is 13.7 Å². The Morgan fingerprint density at radius 1 is 1.36 bits per heavy atom. The lowest BCUT2D eigenvalue weighted by molar-refractivity contribution is -0.120. The summed E-state index contributed by atoms with van der Waals surface area (Å²) in [6, 6.07) is 9.90. The number of amides is 1. The van der Waals surface area contributed by atoms with Gasteiger partial charge in [0.1, 0.15) is 0 Å². The van der Waals surface area contributed by atoms with Crippen molar-refractivity contribution in [2.45, 2.75) is 23.8 Å². The van der Waals surface area contributed by atoms with Crippen LogP contribution in [-0.2, 0) is 16.0 Å². The van der Waals surface area contributed by atoms with Crippen molar-refractivity contribution in [3.05, 3.63) is 41.8 Å². The summed E-state index contributed by atoms with van der Waals surface area (Å²) in [7, 11) is 1.59. The smallest absolute Gasteiger partial charge is 0.277 e. The third kappa shape index (κ3) is 5.16. The SMILES string of the molecule is COCCNC(=O)[C@@H](C)Sc1nnc(Cc2ccccc2)o1. The minimum Gasteiger partial charge on any atom is -0.416 e. The lowest BCUT2D eigenvalue weighted by atomic mass is 10.2. The van der Waals surface area contributed by atoms with Gasteiger partial charge in [0.2, 0.25) is 11.8 Å². The number of hydrogen-bond donors (Lipinski definition) is 1. The van der Waals surface area contributed by atoms with E-state index in [9.17, 15) is 4.79 Å². The van der Waals surface area contributed by atoms with Crippen molar-refractivity contribution in [2.75, 3.05) is 20.3 Å². The van der Waals surface area contributed by atoms with E-state index in [4.69, 9.17) is 9.15 Å². The fourth-order valence-corrected chi connectivity index (χ4v) is 2.48. The molecule has 0 aliphatic carbocycles. The van der Waals surface area contributed by atoms with Crippen LogP contribution in [0.3, 0.4) is 0 Å². The molecule has 0 fully saturated rings. The number of nitrogens with zero attached hydrogens (tertiary/aromatic N) is 2. The number of carbonyl (C=O) groups is 1. The van der Waals surface area contributed by atoms with Crippen LogP contribution < -0.4 is 5.32 Å². The summed E-state index contributed by atoms with van der Waals surface area (Å²) in [5, 5.41) is 10.9. The van der Waals surface area contributed by atoms with Gasteiger partial charge in [-0.05, 0) is 12.5 Å². The topological polar surface area (TPSA) is 77.2 Å². The Balaban J connectivity index is 1.85. The Hall–Kier alpha value is -1.86. The van der Waals surface area contributed by atoms with Crippen molar-refractivity contribution < 1.29 is 13.9 Å². The van der Waals surface area contributed by atoms with Crippen molar-refractivity contribution >= 4 is 17.7 Å². The zero-order valence-corrected chi connectivity index (χ0v) is 13.4. The van der Waals surface area contributed by atoms with Crippen molar-refractivity contribution in [3.63, 3.8) is 0 Å². The maximum absolute atomic E-state index is 11.8. The number of rotatable bonds is 8. The molecule has 2 rings (SSSR count). The molecular formula is C15H19N3O3S. The van der Waals surface area contributed by atoms with Crippen LogP contribution in [0.25, 0.3) is 0 Å². The average Bonchev–Trinajstić information content (AvgIpc) is 2.95. The highest BCUT2D eigenvalue weighted by Gasteiger charge is 2.17. The zero-order chi connectivity index (χ0) is 15.8. The molecule has 1 heterocycles. The minimum absolute atomic E-state index is 0.0788. The van der Waals surface area contributed by atoms with Crippen LogP contribution >= 0.6 is 11.8 Å². The minimum atomic E-state index is -0.304. The molecule has 1 aromatic carbocycles. The van der Waals surface area contributed by atoms with Gasteiger partial charge in [0.15, 0.2) is 0 Å². The molecule has 1 N–H and O–H groups in total. The Morgan fingerprint density at radius 3 is 2.86 bits per heavy atom. The molecule has 1 amide bonds. The number of nitrogens with one attached hydrogen (secondary N) is 1. The molecule has 0 radical (unpaired) electrons. The first kappa shape index (κ1) is 16.5. The third-order valence-electron chi connectivity index (χ3n) is 2.90. The Labute approximate surface area is 133 Å². The maximum atomic E-state index is 11.8. The van der Waals surface area contributed by atoms with E-state index >= 15 is 0 Å². The van der Waals surface area contributed by atoms with Crippen molar-refractivity contribution in [3.8, 4) is 0 Å². The molecule has 0 aliphatic rings. The predicted octanol–water partition coefficient (Wildman–Crippen LogP) is 1.90. The fraction of sp³-hybridized carbons (Fsp3) is 0.400. The standard InChI is InChI=1S/C15H19N3O3S/c1-11(14(19)16-8-9-20-2)22-15-18-17-13(21-15)10-12-6-4-3-5-7-12/h3-7,11H,8-10H2,1-2H3,(H,16,19)/t11-/m1/s1. The van der Waals surface area contributed by atoms with Gasteiger partial charge in [-0.2, -0.15) is 0 Å². The monoisotopic (exact) mass is 321 g/mol. The second-order valence-corrected chi connectivity index (χ2v) is 5.96. The number of methoxy groups -OCH3 is 1. The molecule has 0 spiro atoms. The van der Waals surface area contributed by atoms with E-state index in [1.54, 1.807) is 14.0 Å². The molecule has 0 aliphatic heterocycles. The molecule has 1 atom stereocenters. The average molecular weight is 321 g/mol. The first-order valence-corrected chi connectivity index (χ1v) is 7.86. The number of carbonyl (C=O) groups excluding carboxylic acids is 1. The van der Waals surface area contributed by atoms with E-state index in [-0.39, 0.29) is 11.2 Å². The van der Waals surface area contributed by atoms with Gasteiger partial charge < -0.3 is 14.5 Å². The molecule has 0 saturated carbocycles. The molecule has 0 saturated heterocycles. The number of benzene rings is 1. The van der Waals surface area contributed by atoms with Gasteiger partial charge in [-0.15, -0.1) is 10.2 Å². The van der Waals surface area contributed by atoms with Gasteiger partial charge >= 0.3 is 0 Å². The van der Waals surface area contributed by atoms with E-state index in [0.29, 0.717) is 30.7 Å². The number of aromatic nitrogens is 2. The molecule has 6 nitrogen and oxygen atoms in total. The largest absolute Gasteiger partial charge is 0.416 e. The summed E-state index contributed by atoms with van der Waals surface area (Å²) < 4.78 is 10.5. The van der Waals surface area contributed by atoms with E-state index in [0.717, 1.165) is 5.56 Å². The Bertz CT molecular complexity index is 589. The Morgan fingerprint density at radius 2 is 2.14 bits per heavy atom. The van der Waals surface area contributed by atoms with Gasteiger partial charge in [-0.25, -0.2) is 0 Å². The first-order chi connectivity index (χ1) is 10.7. The third-order valence-corrected chi connectivity index (χ3v) is 3.83. The van der Waals surface area contributed by atoms with Crippen molar-refractivity contribution in [1.29, 1.82) is 0 Å². The predicted molar refractivity (Wildman–Crippen MR) is 83.8 cm³/mol. The van der Waals surface area contributed by atoms with Crippen LogP contribution in [0.1, 0.15) is 18.4 Å². The molecule has 118 valence electrons. The molecular weight excluding hydrogens is 302 g/mol. The molecule has 1 aromatic heterocycles. The van der Waals surface area contributed by atoms with E-state index in [2.05, 4.69) is 15.5 Å². The molecule has 2 aromatic rings. The fourth-order valence-electron chi connectivity index (χ4n) is 1.75. The lowest BCUT2D eigenvalue weighted by Crippen LogP contribution is -2.33. The van der Waals surface area contributed by atoms with Crippen LogP contribution in [0.2, 0.25) is 0 Å². The molecule has 7 heteroatoms. The lowest BCUT2D eigenvalue weighted by Gasteiger charge is -2.08. The maximum Gasteiger partial charge on any atom is 0.277 e. The summed E-state index contributed by atoms with van der Waals surface area (Å²) in [4.78, 5) is 11.8. The molecule has 22 heavy (non-hydrogen) atoms. The van der Waals surface area contributed by atoms with Gasteiger partial charge in [-0.3, -0.25) is 4.79 Å². The molecule has 0 unspecified atom stereocenters. The van der Waals surface area contributed by atoms with Crippen LogP contribution in [0.5, 0.6) is 0 Å². The van der Waals surface area contributed by atoms with E-state index in [1.165, 1.54) is 11.8 Å². The van der Waals surface area contributed by atoms with Crippen LogP contribution in [-0.4, -0.2) is 41.6 Å². The van der Waals surface area contributed by atoms with Crippen LogP contribution in [0, 0.1) is 0 Å². The number of ether oxygens (including phenoxy) is 1. The highest BCUT2D eigenvalue weighted by molar-refractivity contribution is 8.00. The summed E-state index contributed by atoms with van der Waals surface area (Å²) in [6.07, 6.45) is 0.586. The second kappa shape index (κ2) is 8.55. The highest BCUT2D eigenvalue weighted by atomic mass is 32.2. The van der Waals surface area contributed by atoms with Crippen LogP contribution in [0.15, 0.2) is 40.0 Å². The Kier molecular flexibility index (Phi) is 6.42. The van der Waals surface area contributed by atoms with Gasteiger partial charge in [-0.1, -0.05) is 42.1 Å². The van der Waals surface area contributed by atoms with Gasteiger partial charge in [0.05, 0.1) is 18.3 Å². The van der Waals surface area contributed by atoms with Gasteiger partial charge in [0.25, 0.3) is 5.22 Å². The number of thioether (sulfide) groups is 1. The van der Waals surface area contributed by atoms with E-state index in [1.807, 2.05) is 30.3 Å². The summed E-state index contributed by atoms with van der Waals surface area (Å²) in [5.74, 6) is 0.463. The quantitative estimate of drug-likeness (QED) is 0.591. The first-order valence-electron chi connectivity index (χ1n) is 6.98. The van der Waals surface area contributed by atoms with E-state index < -0.39 is 0 Å². The van der Waals surface area contributed by atoms with Crippen LogP contribution in [0.4, 0.5) is 0 Å².